The van der Waals surface area contributed by atoms with Crippen LogP contribution < -0.4 is 10.6 Å². The van der Waals surface area contributed by atoms with Crippen molar-refractivity contribution in [1.82, 2.24) is 20.4 Å². The van der Waals surface area contributed by atoms with Gasteiger partial charge in [-0.2, -0.15) is 0 Å². The summed E-state index contributed by atoms with van der Waals surface area (Å²) in [7, 11) is -1.63. The molecule has 300 valence electrons. The Kier molecular flexibility index (Phi) is 15.8. The molecule has 9 nitrogen and oxygen atoms in total. The Hall–Kier alpha value is -3.21. The lowest BCUT2D eigenvalue weighted by atomic mass is 9.69. The number of rotatable bonds is 15. The number of ether oxygens (including phenoxy) is 1. The fourth-order valence-electron chi connectivity index (χ4n) is 8.20. The van der Waals surface area contributed by atoms with Gasteiger partial charge in [-0.3, -0.25) is 9.59 Å². The van der Waals surface area contributed by atoms with Crippen LogP contribution >= 0.6 is 0 Å². The molecule has 5 atom stereocenters. The monoisotopic (exact) mass is 763 g/mol. The van der Waals surface area contributed by atoms with Gasteiger partial charge in [-0.15, -0.1) is 0 Å². The number of amides is 3. The molecule has 3 amide bonds. The third-order valence-electron chi connectivity index (χ3n) is 11.0. The van der Waals surface area contributed by atoms with E-state index in [2.05, 4.69) is 61.5 Å². The van der Waals surface area contributed by atoms with Gasteiger partial charge in [-0.05, 0) is 114 Å². The number of hydrogen-bond acceptors (Lipinski definition) is 6. The van der Waals surface area contributed by atoms with Gasteiger partial charge >= 0.3 is 6.09 Å². The van der Waals surface area contributed by atoms with E-state index >= 15 is 0 Å². The first-order chi connectivity index (χ1) is 25.4. The van der Waals surface area contributed by atoms with Crippen LogP contribution in [0.15, 0.2) is 60.7 Å². The minimum atomic E-state index is -1.63. The summed E-state index contributed by atoms with van der Waals surface area (Å²) in [5.41, 5.74) is 0.955. The van der Waals surface area contributed by atoms with Gasteiger partial charge in [-0.25, -0.2) is 4.79 Å². The molecule has 0 saturated carbocycles. The van der Waals surface area contributed by atoms with Crippen molar-refractivity contribution in [3.05, 3.63) is 71.8 Å². The van der Waals surface area contributed by atoms with E-state index in [-0.39, 0.29) is 29.1 Å². The number of nitrogens with zero attached hydrogens (tertiary/aromatic N) is 2. The van der Waals surface area contributed by atoms with E-state index < -0.39 is 44.8 Å². The fraction of sp³-hybridized carbons (Fsp3) is 0.659. The van der Waals surface area contributed by atoms with Gasteiger partial charge in [0.1, 0.15) is 11.6 Å². The first-order valence-electron chi connectivity index (χ1n) is 20.5. The Morgan fingerprint density at radius 3 is 1.93 bits per heavy atom. The van der Waals surface area contributed by atoms with Gasteiger partial charge in [-0.1, -0.05) is 95.3 Å². The lowest BCUT2D eigenvalue weighted by Gasteiger charge is -2.43. The molecule has 2 aromatic carbocycles. The smallest absolute Gasteiger partial charge is 0.407 e. The molecule has 2 saturated heterocycles. The normalized spacial score (nSPS) is 18.9. The summed E-state index contributed by atoms with van der Waals surface area (Å²) < 4.78 is 12.7. The number of nitrogens with one attached hydrogen (secondary N) is 2. The molecule has 4 rings (SSSR count). The van der Waals surface area contributed by atoms with Crippen LogP contribution in [-0.4, -0.2) is 86.7 Å². The molecule has 2 aliphatic rings. The van der Waals surface area contributed by atoms with Crippen LogP contribution in [0.4, 0.5) is 4.79 Å². The Morgan fingerprint density at radius 2 is 1.41 bits per heavy atom. The predicted octanol–water partition coefficient (Wildman–Crippen LogP) is 7.76. The first-order valence-corrected chi connectivity index (χ1v) is 23.3. The van der Waals surface area contributed by atoms with E-state index in [1.165, 1.54) is 12.8 Å². The quantitative estimate of drug-likeness (QED) is 0.180. The van der Waals surface area contributed by atoms with Crippen molar-refractivity contribution in [2.75, 3.05) is 26.2 Å². The highest BCUT2D eigenvalue weighted by molar-refractivity contribution is 6.48. The van der Waals surface area contributed by atoms with Crippen molar-refractivity contribution in [3.63, 3.8) is 0 Å². The average molecular weight is 763 g/mol. The second-order valence-electron chi connectivity index (χ2n) is 18.3. The van der Waals surface area contributed by atoms with Crippen molar-refractivity contribution < 1.29 is 23.5 Å². The minimum Gasteiger partial charge on any atom is -0.444 e. The number of carbonyl (C=O) groups is 3. The van der Waals surface area contributed by atoms with E-state index in [1.54, 1.807) is 0 Å². The second-order valence-corrected chi connectivity index (χ2v) is 20.7. The number of hydrogen-bond donors (Lipinski definition) is 2. The molecule has 0 spiro atoms. The molecule has 2 fully saturated rings. The summed E-state index contributed by atoms with van der Waals surface area (Å²) in [5.74, 6) is -0.920. The van der Waals surface area contributed by atoms with Gasteiger partial charge in [0.15, 0.2) is 9.04 Å². The fourth-order valence-corrected chi connectivity index (χ4v) is 9.12. The molecule has 10 heteroatoms. The third-order valence-corrected chi connectivity index (χ3v) is 11.8. The van der Waals surface area contributed by atoms with E-state index in [4.69, 9.17) is 9.16 Å². The van der Waals surface area contributed by atoms with Crippen molar-refractivity contribution in [2.45, 2.75) is 137 Å². The zero-order valence-electron chi connectivity index (χ0n) is 34.9. The molecule has 0 bridgehead atoms. The number of alkyl carbamates (subject to hydrolysis) is 1. The van der Waals surface area contributed by atoms with Crippen LogP contribution in [0.25, 0.3) is 0 Å². The average Bonchev–Trinajstić information content (AvgIpc) is 3.65. The number of benzene rings is 2. The molecular weight excluding hydrogens is 693 g/mol. The summed E-state index contributed by atoms with van der Waals surface area (Å²) in [6, 6.07) is 19.5. The summed E-state index contributed by atoms with van der Waals surface area (Å²) in [5, 5.41) is 6.56. The molecule has 2 aliphatic heterocycles. The number of carbonyl (C=O) groups excluding carboxylic acids is 3. The van der Waals surface area contributed by atoms with E-state index in [1.807, 2.05) is 88.0 Å². The molecular formula is C44H70N4O5Si. The van der Waals surface area contributed by atoms with Crippen molar-refractivity contribution >= 4 is 26.9 Å². The lowest BCUT2D eigenvalue weighted by Crippen LogP contribution is -2.56. The van der Waals surface area contributed by atoms with E-state index in [9.17, 15) is 14.4 Å². The molecule has 2 aromatic rings. The molecule has 54 heavy (non-hydrogen) atoms. The molecule has 2 heterocycles. The highest BCUT2D eigenvalue weighted by Crippen LogP contribution is 2.41. The van der Waals surface area contributed by atoms with Gasteiger partial charge in [0, 0.05) is 25.0 Å². The summed E-state index contributed by atoms with van der Waals surface area (Å²) >= 11 is 0. The zero-order chi connectivity index (χ0) is 39.6. The molecule has 1 unspecified atom stereocenters. The topological polar surface area (TPSA) is 100 Å². The SMILES string of the molecule is CC(C)[C@H](NC(=O)[C@H](Cc1ccccc1)C[C@H]([C@@H](NC(=O)OC(C)(C)C)C(O[SiH](C)C)c1ccccc1)C(C)(C)C)C(=O)N1CCC(N2CCCC2)CC1. The van der Waals surface area contributed by atoms with Gasteiger partial charge in [0.05, 0.1) is 12.1 Å². The van der Waals surface area contributed by atoms with Crippen molar-refractivity contribution in [3.8, 4) is 0 Å². The van der Waals surface area contributed by atoms with Crippen LogP contribution in [-0.2, 0) is 25.2 Å². The lowest BCUT2D eigenvalue weighted by molar-refractivity contribution is -0.140. The Morgan fingerprint density at radius 1 is 0.833 bits per heavy atom. The number of piperidine rings is 1. The standard InChI is InChI=1S/C44H70N4O5Si/c1-31(2)37(41(50)48-27-23-35(24-28-48)47-25-17-18-26-47)45-40(49)34(29-32-19-13-11-14-20-32)30-36(43(3,4)5)38(46-42(51)52-44(6,7)8)39(53-54(9)10)33-21-15-12-16-22-33/h11-16,19-22,31,34-39,54H,17-18,23-30H2,1-10H3,(H,45,49)(H,46,51)/t34-,36-,37+,38-,39?/m1/s1. The predicted molar refractivity (Wildman–Crippen MR) is 221 cm³/mol. The largest absolute Gasteiger partial charge is 0.444 e. The Labute approximate surface area is 328 Å². The third kappa shape index (κ3) is 12.9. The van der Waals surface area contributed by atoms with Gasteiger partial charge in [0.25, 0.3) is 0 Å². The minimum absolute atomic E-state index is 0.00737. The summed E-state index contributed by atoms with van der Waals surface area (Å²) in [6.45, 7) is 24.1. The maximum Gasteiger partial charge on any atom is 0.407 e. The maximum absolute atomic E-state index is 14.8. The Balaban J connectivity index is 1.67. The molecule has 0 radical (unpaired) electrons. The number of likely N-dealkylation sites (tertiary alicyclic amines) is 2. The van der Waals surface area contributed by atoms with Crippen LogP contribution in [0, 0.1) is 23.2 Å². The zero-order valence-corrected chi connectivity index (χ0v) is 36.1. The molecule has 0 aliphatic carbocycles. The van der Waals surface area contributed by atoms with Crippen molar-refractivity contribution in [2.24, 2.45) is 23.2 Å². The van der Waals surface area contributed by atoms with Crippen LogP contribution in [0.5, 0.6) is 0 Å². The van der Waals surface area contributed by atoms with Crippen LogP contribution in [0.2, 0.25) is 13.1 Å². The van der Waals surface area contributed by atoms with Gasteiger partial charge < -0.3 is 29.6 Å². The van der Waals surface area contributed by atoms with Crippen LogP contribution in [0.1, 0.15) is 105 Å². The maximum atomic E-state index is 14.8. The summed E-state index contributed by atoms with van der Waals surface area (Å²) in [6.07, 6.45) is 4.46. The van der Waals surface area contributed by atoms with Gasteiger partial charge in [0.2, 0.25) is 11.8 Å². The highest BCUT2D eigenvalue weighted by Gasteiger charge is 2.43. The molecule has 2 N–H and O–H groups in total. The van der Waals surface area contributed by atoms with Crippen LogP contribution in [0.3, 0.4) is 0 Å². The van der Waals surface area contributed by atoms with E-state index in [0.717, 1.165) is 50.1 Å². The second kappa shape index (κ2) is 19.6. The van der Waals surface area contributed by atoms with E-state index in [0.29, 0.717) is 18.9 Å². The highest BCUT2D eigenvalue weighted by atomic mass is 28.3. The summed E-state index contributed by atoms with van der Waals surface area (Å²) in [4.78, 5) is 47.2. The van der Waals surface area contributed by atoms with Crippen molar-refractivity contribution in [1.29, 1.82) is 0 Å². The molecule has 0 aromatic heterocycles. The first kappa shape index (κ1) is 43.5. The Bertz CT molecular complexity index is 1460.